The van der Waals surface area contributed by atoms with E-state index in [9.17, 15) is 10.0 Å². The van der Waals surface area contributed by atoms with E-state index in [2.05, 4.69) is 46.7 Å². The number of amides is 1. The third-order valence-corrected chi connectivity index (χ3v) is 7.80. The fraction of sp³-hybridized carbons (Fsp3) is 0.231. The molecule has 5 rings (SSSR count). The first-order valence-electron chi connectivity index (χ1n) is 10.9. The first-order chi connectivity index (χ1) is 16.1. The molecule has 0 aliphatic carbocycles. The van der Waals surface area contributed by atoms with Crippen LogP contribution < -0.4 is 5.32 Å². The van der Waals surface area contributed by atoms with E-state index in [1.54, 1.807) is 18.7 Å². The summed E-state index contributed by atoms with van der Waals surface area (Å²) < 4.78 is -0.541. The number of benzene rings is 3. The predicted molar refractivity (Wildman–Crippen MR) is 128 cm³/mol. The summed E-state index contributed by atoms with van der Waals surface area (Å²) in [7, 11) is 0. The molecule has 0 spiro atoms. The van der Waals surface area contributed by atoms with E-state index in [0.29, 0.717) is 17.5 Å². The highest BCUT2D eigenvalue weighted by molar-refractivity contribution is 8.01. The fourth-order valence-corrected chi connectivity index (χ4v) is 6.19. The SMILES string of the molecule is CC1N=C(CC2C(=O)NC2SC(c2ccccc2)(c2ccccc2)c2ccccc2)N(O)O1. The highest BCUT2D eigenvalue weighted by Gasteiger charge is 2.48. The van der Waals surface area contributed by atoms with Crippen LogP contribution in [0.4, 0.5) is 0 Å². The molecule has 2 N–H and O–H groups in total. The summed E-state index contributed by atoms with van der Waals surface area (Å²) >= 11 is 1.71. The Morgan fingerprint density at radius 3 is 1.82 bits per heavy atom. The normalized spacial score (nSPS) is 22.5. The van der Waals surface area contributed by atoms with Gasteiger partial charge in [-0.1, -0.05) is 91.0 Å². The highest BCUT2D eigenvalue weighted by atomic mass is 32.2. The Balaban J connectivity index is 1.57. The Kier molecular flexibility index (Phi) is 5.93. The molecule has 2 aliphatic rings. The van der Waals surface area contributed by atoms with Crippen molar-refractivity contribution < 1.29 is 14.8 Å². The van der Waals surface area contributed by atoms with Crippen LogP contribution in [0.1, 0.15) is 30.0 Å². The molecule has 6 nitrogen and oxygen atoms in total. The van der Waals surface area contributed by atoms with E-state index in [1.807, 2.05) is 54.6 Å². The number of aliphatic imine (C=N–C) groups is 1. The van der Waals surface area contributed by atoms with Gasteiger partial charge in [0.25, 0.3) is 0 Å². The zero-order valence-electron chi connectivity index (χ0n) is 18.2. The summed E-state index contributed by atoms with van der Waals surface area (Å²) in [5.74, 6) is -0.0169. The van der Waals surface area contributed by atoms with Crippen molar-refractivity contribution in [1.82, 2.24) is 10.5 Å². The van der Waals surface area contributed by atoms with Gasteiger partial charge in [-0.25, -0.2) is 9.83 Å². The number of rotatable bonds is 7. The summed E-state index contributed by atoms with van der Waals surface area (Å²) in [5, 5.41) is 13.6. The van der Waals surface area contributed by atoms with Crippen LogP contribution in [0.3, 0.4) is 0 Å². The van der Waals surface area contributed by atoms with E-state index in [0.717, 1.165) is 16.7 Å². The Hall–Kier alpha value is -3.13. The summed E-state index contributed by atoms with van der Waals surface area (Å²) in [6.45, 7) is 1.74. The summed E-state index contributed by atoms with van der Waals surface area (Å²) in [4.78, 5) is 22.1. The molecule has 168 valence electrons. The molecule has 7 heteroatoms. The maximum absolute atomic E-state index is 12.6. The van der Waals surface area contributed by atoms with Gasteiger partial charge in [-0.05, 0) is 23.6 Å². The van der Waals surface area contributed by atoms with Crippen LogP contribution in [0.25, 0.3) is 0 Å². The molecule has 3 aromatic rings. The molecule has 3 atom stereocenters. The third-order valence-electron chi connectivity index (χ3n) is 6.04. The molecule has 1 amide bonds. The van der Waals surface area contributed by atoms with Crippen LogP contribution in [0.15, 0.2) is 96.0 Å². The van der Waals surface area contributed by atoms with Gasteiger partial charge in [0.15, 0.2) is 12.1 Å². The van der Waals surface area contributed by atoms with E-state index >= 15 is 0 Å². The minimum absolute atomic E-state index is 0.0498. The van der Waals surface area contributed by atoms with Crippen LogP contribution >= 0.6 is 11.8 Å². The van der Waals surface area contributed by atoms with Crippen molar-refractivity contribution in [2.75, 3.05) is 0 Å². The molecule has 0 bridgehead atoms. The topological polar surface area (TPSA) is 74.2 Å². The number of thioether (sulfide) groups is 1. The lowest BCUT2D eigenvalue weighted by Crippen LogP contribution is -2.58. The van der Waals surface area contributed by atoms with Crippen LogP contribution in [0, 0.1) is 5.92 Å². The Morgan fingerprint density at radius 2 is 1.42 bits per heavy atom. The van der Waals surface area contributed by atoms with Gasteiger partial charge in [-0.3, -0.25) is 10.0 Å². The van der Waals surface area contributed by atoms with E-state index in [4.69, 9.17) is 4.84 Å². The number of nitrogens with one attached hydrogen (secondary N) is 1. The molecule has 0 saturated carbocycles. The highest BCUT2D eigenvalue weighted by Crippen LogP contribution is 2.52. The van der Waals surface area contributed by atoms with Crippen molar-refractivity contribution in [3.05, 3.63) is 108 Å². The second kappa shape index (κ2) is 9.02. The Morgan fingerprint density at radius 1 is 0.939 bits per heavy atom. The smallest absolute Gasteiger partial charge is 0.227 e. The van der Waals surface area contributed by atoms with Gasteiger partial charge in [0.05, 0.1) is 16.0 Å². The van der Waals surface area contributed by atoms with Crippen LogP contribution in [0.5, 0.6) is 0 Å². The number of hydrogen-bond donors (Lipinski definition) is 2. The molecule has 0 aromatic heterocycles. The maximum atomic E-state index is 12.6. The number of hydrogen-bond acceptors (Lipinski definition) is 6. The number of hydroxylamine groups is 2. The van der Waals surface area contributed by atoms with Gasteiger partial charge in [-0.15, -0.1) is 17.0 Å². The molecule has 3 aromatic carbocycles. The molecule has 1 saturated heterocycles. The standard InChI is InChI=1S/C26H25N3O3S/c1-18-27-23(29(31)32-18)17-22-24(30)28-25(22)33-26(19-11-5-2-6-12-19,20-13-7-3-8-14-20)21-15-9-4-10-16-21/h2-16,18,22,25,31H,17H2,1H3,(H,28,30). The van der Waals surface area contributed by atoms with Gasteiger partial charge in [0.1, 0.15) is 0 Å². The summed E-state index contributed by atoms with van der Waals surface area (Å²) in [5.41, 5.74) is 3.39. The van der Waals surface area contributed by atoms with Crippen molar-refractivity contribution in [2.24, 2.45) is 10.9 Å². The van der Waals surface area contributed by atoms with Crippen molar-refractivity contribution in [2.45, 2.75) is 29.7 Å². The van der Waals surface area contributed by atoms with Crippen molar-refractivity contribution >= 4 is 23.5 Å². The monoisotopic (exact) mass is 459 g/mol. The molecule has 0 radical (unpaired) electrons. The first kappa shape index (κ1) is 21.7. The predicted octanol–water partition coefficient (Wildman–Crippen LogP) is 4.55. The van der Waals surface area contributed by atoms with Gasteiger partial charge >= 0.3 is 0 Å². The largest absolute Gasteiger partial charge is 0.343 e. The van der Waals surface area contributed by atoms with Gasteiger partial charge in [-0.2, -0.15) is 0 Å². The lowest BCUT2D eigenvalue weighted by atomic mass is 9.84. The Labute approximate surface area is 197 Å². The lowest BCUT2D eigenvalue weighted by Gasteiger charge is -2.44. The average Bonchev–Trinajstić information content (AvgIpc) is 3.18. The average molecular weight is 460 g/mol. The van der Waals surface area contributed by atoms with Crippen molar-refractivity contribution in [1.29, 1.82) is 0 Å². The summed E-state index contributed by atoms with van der Waals surface area (Å²) in [6, 6.07) is 31.1. The van der Waals surface area contributed by atoms with Gasteiger partial charge < -0.3 is 5.32 Å². The molecule has 2 aliphatic heterocycles. The zero-order valence-corrected chi connectivity index (χ0v) is 19.0. The first-order valence-corrected chi connectivity index (χ1v) is 11.8. The number of β-lactam (4-membered cyclic amide) rings is 1. The number of carbonyl (C=O) groups is 1. The van der Waals surface area contributed by atoms with Gasteiger partial charge in [0, 0.05) is 6.42 Å². The molecular formula is C26H25N3O3S. The molecule has 3 unspecified atom stereocenters. The number of nitrogens with zero attached hydrogens (tertiary/aromatic N) is 2. The minimum Gasteiger partial charge on any atom is -0.343 e. The number of carbonyl (C=O) groups excluding carboxylic acids is 1. The minimum atomic E-state index is -0.541. The molecule has 33 heavy (non-hydrogen) atoms. The lowest BCUT2D eigenvalue weighted by molar-refractivity contribution is -0.289. The second-order valence-corrected chi connectivity index (χ2v) is 9.52. The molecule has 2 heterocycles. The van der Waals surface area contributed by atoms with Gasteiger partial charge in [0.2, 0.25) is 5.91 Å². The quantitative estimate of drug-likeness (QED) is 0.400. The molecule has 1 fully saturated rings. The third kappa shape index (κ3) is 4.04. The maximum Gasteiger partial charge on any atom is 0.227 e. The van der Waals surface area contributed by atoms with Crippen LogP contribution in [0.2, 0.25) is 0 Å². The zero-order chi connectivity index (χ0) is 22.8. The fourth-order valence-electron chi connectivity index (χ4n) is 4.43. The molecular weight excluding hydrogens is 434 g/mol. The van der Waals surface area contributed by atoms with E-state index in [-0.39, 0.29) is 17.2 Å². The second-order valence-electron chi connectivity index (χ2n) is 8.16. The Bertz CT molecular complexity index is 1040. The van der Waals surface area contributed by atoms with Crippen LogP contribution in [-0.2, 0) is 14.4 Å². The summed E-state index contributed by atoms with van der Waals surface area (Å²) in [6.07, 6.45) is -0.157. The number of amidine groups is 1. The van der Waals surface area contributed by atoms with E-state index in [1.165, 1.54) is 0 Å². The van der Waals surface area contributed by atoms with Crippen LogP contribution in [-0.4, -0.2) is 33.8 Å². The van der Waals surface area contributed by atoms with E-state index < -0.39 is 11.0 Å². The van der Waals surface area contributed by atoms with Crippen molar-refractivity contribution in [3.8, 4) is 0 Å². The van der Waals surface area contributed by atoms with Crippen molar-refractivity contribution in [3.63, 3.8) is 0 Å².